The van der Waals surface area contributed by atoms with Crippen molar-refractivity contribution in [3.63, 3.8) is 0 Å². The molecule has 2 rings (SSSR count). The number of allylic oxidation sites excluding steroid dienone is 1. The standard InChI is InChI=1S/C19H26O6S/c1-2-13(9-14-5-3-4-6-16(14)22)7-8-17(23)19-15(10-20)12-26(24,25)18(19)11-21/h3-6,9,17-18,20-23H,2,7-8,10-12H2,1H3/b13-9+/t17-,18+/m1/s1. The molecule has 0 saturated carbocycles. The summed E-state index contributed by atoms with van der Waals surface area (Å²) in [5, 5.41) is 38.1. The second-order valence-corrected chi connectivity index (χ2v) is 8.65. The summed E-state index contributed by atoms with van der Waals surface area (Å²) in [6, 6.07) is 6.95. The van der Waals surface area contributed by atoms with Gasteiger partial charge >= 0.3 is 0 Å². The maximum absolute atomic E-state index is 12.1. The molecular weight excluding hydrogens is 356 g/mol. The molecule has 26 heavy (non-hydrogen) atoms. The highest BCUT2D eigenvalue weighted by Gasteiger charge is 2.40. The molecule has 0 unspecified atom stereocenters. The van der Waals surface area contributed by atoms with E-state index >= 15 is 0 Å². The molecule has 0 fully saturated rings. The molecule has 0 bridgehead atoms. The third-order valence-electron chi connectivity index (χ3n) is 4.77. The van der Waals surface area contributed by atoms with Crippen LogP contribution in [0.4, 0.5) is 0 Å². The number of phenols is 1. The number of hydrogen-bond acceptors (Lipinski definition) is 6. The van der Waals surface area contributed by atoms with E-state index in [1.54, 1.807) is 18.2 Å². The van der Waals surface area contributed by atoms with Crippen LogP contribution in [-0.2, 0) is 9.84 Å². The fourth-order valence-electron chi connectivity index (χ4n) is 3.31. The first-order valence-corrected chi connectivity index (χ1v) is 10.4. The van der Waals surface area contributed by atoms with Crippen molar-refractivity contribution in [1.82, 2.24) is 0 Å². The van der Waals surface area contributed by atoms with Crippen molar-refractivity contribution in [3.05, 3.63) is 46.5 Å². The summed E-state index contributed by atoms with van der Waals surface area (Å²) in [7, 11) is -3.58. The molecule has 2 atom stereocenters. The minimum absolute atomic E-state index is 0.173. The van der Waals surface area contributed by atoms with Gasteiger partial charge in [0, 0.05) is 5.56 Å². The molecule has 0 aliphatic carbocycles. The van der Waals surface area contributed by atoms with Crippen LogP contribution in [0.1, 0.15) is 31.7 Å². The zero-order valence-electron chi connectivity index (χ0n) is 14.8. The van der Waals surface area contributed by atoms with E-state index in [1.807, 2.05) is 19.1 Å². The fourth-order valence-corrected chi connectivity index (χ4v) is 5.19. The lowest BCUT2D eigenvalue weighted by Gasteiger charge is -2.19. The third kappa shape index (κ3) is 4.54. The van der Waals surface area contributed by atoms with Crippen molar-refractivity contribution in [2.75, 3.05) is 19.0 Å². The molecule has 0 spiro atoms. The van der Waals surface area contributed by atoms with Crippen molar-refractivity contribution in [2.24, 2.45) is 0 Å². The lowest BCUT2D eigenvalue weighted by molar-refractivity contribution is 0.186. The van der Waals surface area contributed by atoms with Crippen LogP contribution < -0.4 is 0 Å². The van der Waals surface area contributed by atoms with E-state index in [-0.39, 0.29) is 29.1 Å². The molecule has 1 aromatic rings. The van der Waals surface area contributed by atoms with Crippen LogP contribution >= 0.6 is 0 Å². The quantitative estimate of drug-likeness (QED) is 0.505. The molecular formula is C19H26O6S. The predicted molar refractivity (Wildman–Crippen MR) is 100 cm³/mol. The van der Waals surface area contributed by atoms with Crippen molar-refractivity contribution >= 4 is 15.9 Å². The summed E-state index contributed by atoms with van der Waals surface area (Å²) in [6.45, 7) is 0.913. The molecule has 0 aromatic heterocycles. The SMILES string of the molecule is CC/C(=C\c1ccccc1O)CC[C@@H](O)C1=C(CO)CS(=O)(=O)[C@H]1CO. The number of benzene rings is 1. The highest BCUT2D eigenvalue weighted by Crippen LogP contribution is 2.32. The average Bonchev–Trinajstić information content (AvgIpc) is 2.89. The molecule has 0 saturated heterocycles. The van der Waals surface area contributed by atoms with Gasteiger partial charge in [0.2, 0.25) is 0 Å². The van der Waals surface area contributed by atoms with Gasteiger partial charge in [-0.25, -0.2) is 8.42 Å². The van der Waals surface area contributed by atoms with Gasteiger partial charge in [0.05, 0.1) is 25.1 Å². The number of para-hydroxylation sites is 1. The Morgan fingerprint density at radius 1 is 1.31 bits per heavy atom. The van der Waals surface area contributed by atoms with Crippen LogP contribution in [0.3, 0.4) is 0 Å². The van der Waals surface area contributed by atoms with Gasteiger partial charge in [-0.05, 0) is 36.5 Å². The Morgan fingerprint density at radius 3 is 2.58 bits per heavy atom. The topological polar surface area (TPSA) is 115 Å². The van der Waals surface area contributed by atoms with Crippen molar-refractivity contribution in [2.45, 2.75) is 37.5 Å². The lowest BCUT2D eigenvalue weighted by Crippen LogP contribution is -2.29. The Bertz CT molecular complexity index is 794. The molecule has 1 aliphatic rings. The second-order valence-electron chi connectivity index (χ2n) is 6.46. The number of aromatic hydroxyl groups is 1. The highest BCUT2D eigenvalue weighted by molar-refractivity contribution is 7.92. The number of aliphatic hydroxyl groups excluding tert-OH is 3. The van der Waals surface area contributed by atoms with Crippen molar-refractivity contribution < 1.29 is 28.8 Å². The van der Waals surface area contributed by atoms with Gasteiger partial charge < -0.3 is 20.4 Å². The first-order chi connectivity index (χ1) is 12.3. The van der Waals surface area contributed by atoms with Gasteiger partial charge in [-0.2, -0.15) is 0 Å². The fraction of sp³-hybridized carbons (Fsp3) is 0.474. The van der Waals surface area contributed by atoms with E-state index in [0.29, 0.717) is 18.4 Å². The summed E-state index contributed by atoms with van der Waals surface area (Å²) in [5.74, 6) is -0.151. The zero-order valence-corrected chi connectivity index (χ0v) is 15.6. The Kier molecular flexibility index (Phi) is 7.00. The maximum Gasteiger partial charge on any atom is 0.163 e. The lowest BCUT2D eigenvalue weighted by atomic mass is 9.94. The van der Waals surface area contributed by atoms with Crippen LogP contribution in [0.5, 0.6) is 5.75 Å². The molecule has 6 nitrogen and oxygen atoms in total. The van der Waals surface area contributed by atoms with Gasteiger partial charge in [-0.15, -0.1) is 0 Å². The maximum atomic E-state index is 12.1. The van der Waals surface area contributed by atoms with Gasteiger partial charge in [0.1, 0.15) is 11.0 Å². The molecule has 4 N–H and O–H groups in total. The summed E-state index contributed by atoms with van der Waals surface area (Å²) in [6.07, 6.45) is 2.31. The Labute approximate surface area is 154 Å². The van der Waals surface area contributed by atoms with E-state index < -0.39 is 34.4 Å². The zero-order chi connectivity index (χ0) is 19.3. The molecule has 0 amide bonds. The minimum atomic E-state index is -3.58. The van der Waals surface area contributed by atoms with E-state index in [1.165, 1.54) is 0 Å². The average molecular weight is 382 g/mol. The third-order valence-corrected chi connectivity index (χ3v) is 6.79. The number of hydrogen-bond donors (Lipinski definition) is 4. The van der Waals surface area contributed by atoms with Crippen LogP contribution in [-0.4, -0.2) is 59.2 Å². The van der Waals surface area contributed by atoms with Gasteiger partial charge in [-0.1, -0.05) is 36.8 Å². The first kappa shape index (κ1) is 20.6. The summed E-state index contributed by atoms with van der Waals surface area (Å²) >= 11 is 0. The van der Waals surface area contributed by atoms with Gasteiger partial charge in [0.25, 0.3) is 0 Å². The van der Waals surface area contributed by atoms with Gasteiger partial charge in [-0.3, -0.25) is 0 Å². The molecule has 1 aliphatic heterocycles. The largest absolute Gasteiger partial charge is 0.507 e. The number of phenolic OH excluding ortho intramolecular Hbond substituents is 1. The van der Waals surface area contributed by atoms with Crippen molar-refractivity contribution in [3.8, 4) is 5.75 Å². The smallest absolute Gasteiger partial charge is 0.163 e. The minimum Gasteiger partial charge on any atom is -0.507 e. The molecule has 0 radical (unpaired) electrons. The molecule has 144 valence electrons. The predicted octanol–water partition coefficient (Wildman–Crippen LogP) is 1.40. The number of aliphatic hydroxyl groups is 3. The van der Waals surface area contributed by atoms with Crippen LogP contribution in [0.15, 0.2) is 41.0 Å². The molecule has 7 heteroatoms. The summed E-state index contributed by atoms with van der Waals surface area (Å²) < 4.78 is 24.2. The van der Waals surface area contributed by atoms with Gasteiger partial charge in [0.15, 0.2) is 9.84 Å². The first-order valence-electron chi connectivity index (χ1n) is 8.64. The Balaban J connectivity index is 2.16. The molecule has 1 heterocycles. The Hall–Kier alpha value is -1.67. The number of rotatable bonds is 8. The summed E-state index contributed by atoms with van der Waals surface area (Å²) in [5.41, 5.74) is 2.19. The van der Waals surface area contributed by atoms with E-state index in [9.17, 15) is 28.8 Å². The second kappa shape index (κ2) is 8.81. The molecule has 1 aromatic carbocycles. The monoisotopic (exact) mass is 382 g/mol. The summed E-state index contributed by atoms with van der Waals surface area (Å²) in [4.78, 5) is 0. The van der Waals surface area contributed by atoms with Crippen molar-refractivity contribution in [1.29, 1.82) is 0 Å². The highest BCUT2D eigenvalue weighted by atomic mass is 32.2. The number of sulfone groups is 1. The van der Waals surface area contributed by atoms with Crippen LogP contribution in [0.2, 0.25) is 0 Å². The van der Waals surface area contributed by atoms with E-state index in [4.69, 9.17) is 0 Å². The van der Waals surface area contributed by atoms with Crippen LogP contribution in [0, 0.1) is 0 Å². The normalized spacial score (nSPS) is 21.2. The Morgan fingerprint density at radius 2 is 2.00 bits per heavy atom. The van der Waals surface area contributed by atoms with E-state index in [0.717, 1.165) is 5.57 Å². The van der Waals surface area contributed by atoms with Crippen LogP contribution in [0.25, 0.3) is 6.08 Å². The van der Waals surface area contributed by atoms with E-state index in [2.05, 4.69) is 0 Å².